The summed E-state index contributed by atoms with van der Waals surface area (Å²) in [5.74, 6) is -0.485. The van der Waals surface area contributed by atoms with Crippen LogP contribution in [-0.4, -0.2) is 17.0 Å². The number of carbonyl (C=O) groups is 2. The van der Waals surface area contributed by atoms with Gasteiger partial charge in [0.05, 0.1) is 11.1 Å². The quantitative estimate of drug-likeness (QED) is 0.616. The highest BCUT2D eigenvalue weighted by Crippen LogP contribution is 2.30. The molecular weight excluding hydrogens is 377 g/mol. The van der Waals surface area contributed by atoms with Crippen molar-refractivity contribution in [2.24, 2.45) is 0 Å². The normalized spacial score (nSPS) is 10.6. The molecule has 0 aliphatic rings. The molecule has 7 heteroatoms. The number of carbonyl (C=O) groups excluding carboxylic acids is 1. The van der Waals surface area contributed by atoms with Crippen LogP contribution in [0.15, 0.2) is 52.9 Å². The van der Waals surface area contributed by atoms with Gasteiger partial charge in [0.1, 0.15) is 11.5 Å². The predicted octanol–water partition coefficient (Wildman–Crippen LogP) is 5.51. The fourth-order valence-electron chi connectivity index (χ4n) is 2.44. The second-order valence-corrected chi connectivity index (χ2v) is 6.45. The molecule has 0 radical (unpaired) electrons. The number of benzene rings is 2. The number of anilines is 1. The first kappa shape index (κ1) is 18.0. The van der Waals surface area contributed by atoms with E-state index in [1.165, 1.54) is 24.3 Å². The molecule has 0 saturated heterocycles. The molecule has 3 aromatic rings. The zero-order valence-electron chi connectivity index (χ0n) is 13.5. The van der Waals surface area contributed by atoms with Crippen LogP contribution in [0.2, 0.25) is 10.0 Å². The van der Waals surface area contributed by atoms with Crippen molar-refractivity contribution in [3.05, 3.63) is 75.5 Å². The zero-order chi connectivity index (χ0) is 18.8. The maximum absolute atomic E-state index is 12.5. The van der Waals surface area contributed by atoms with Crippen molar-refractivity contribution >= 4 is 40.8 Å². The van der Waals surface area contributed by atoms with Crippen molar-refractivity contribution in [2.75, 3.05) is 5.32 Å². The molecule has 2 aromatic carbocycles. The van der Waals surface area contributed by atoms with E-state index in [4.69, 9.17) is 32.7 Å². The Balaban J connectivity index is 1.84. The molecule has 0 saturated carbocycles. The lowest BCUT2D eigenvalue weighted by Crippen LogP contribution is -2.12. The van der Waals surface area contributed by atoms with Gasteiger partial charge >= 0.3 is 5.97 Å². The van der Waals surface area contributed by atoms with Gasteiger partial charge in [-0.1, -0.05) is 23.2 Å². The maximum atomic E-state index is 12.5. The third-order valence-corrected chi connectivity index (χ3v) is 4.14. The van der Waals surface area contributed by atoms with Crippen LogP contribution in [0.4, 0.5) is 5.69 Å². The Bertz CT molecular complexity index is 973. The van der Waals surface area contributed by atoms with Crippen molar-refractivity contribution in [1.82, 2.24) is 0 Å². The molecule has 0 atom stereocenters. The molecule has 0 aliphatic heterocycles. The van der Waals surface area contributed by atoms with E-state index in [1.54, 1.807) is 31.2 Å². The smallest absolute Gasteiger partial charge is 0.335 e. The van der Waals surface area contributed by atoms with E-state index in [0.717, 1.165) is 0 Å². The van der Waals surface area contributed by atoms with Gasteiger partial charge < -0.3 is 14.8 Å². The summed E-state index contributed by atoms with van der Waals surface area (Å²) in [4.78, 5) is 23.4. The summed E-state index contributed by atoms with van der Waals surface area (Å²) in [5.41, 5.74) is 1.64. The molecule has 3 rings (SSSR count). The lowest BCUT2D eigenvalue weighted by molar-refractivity contribution is 0.0696. The monoisotopic (exact) mass is 389 g/mol. The molecule has 26 heavy (non-hydrogen) atoms. The van der Waals surface area contributed by atoms with Crippen molar-refractivity contribution in [3.63, 3.8) is 0 Å². The number of aromatic carboxylic acids is 1. The SMILES string of the molecule is Cc1oc(-c2cc(Cl)cc(Cl)c2)cc1C(=O)Nc1ccc(C(=O)O)cc1. The van der Waals surface area contributed by atoms with Gasteiger partial charge in [0, 0.05) is 21.3 Å². The Hall–Kier alpha value is -2.76. The van der Waals surface area contributed by atoms with E-state index < -0.39 is 5.97 Å². The summed E-state index contributed by atoms with van der Waals surface area (Å²) in [6.45, 7) is 1.68. The lowest BCUT2D eigenvalue weighted by atomic mass is 10.1. The molecule has 0 spiro atoms. The van der Waals surface area contributed by atoms with Crippen LogP contribution in [0.1, 0.15) is 26.5 Å². The average molecular weight is 390 g/mol. The van der Waals surface area contributed by atoms with Gasteiger partial charge in [-0.05, 0) is 55.5 Å². The highest BCUT2D eigenvalue weighted by Gasteiger charge is 2.17. The number of carboxylic acids is 1. The van der Waals surface area contributed by atoms with Crippen LogP contribution < -0.4 is 5.32 Å². The minimum absolute atomic E-state index is 0.141. The number of furan rings is 1. The first-order valence-corrected chi connectivity index (χ1v) is 8.30. The standard InChI is InChI=1S/C19H13Cl2NO4/c1-10-16(9-17(26-10)12-6-13(20)8-14(21)7-12)18(23)22-15-4-2-11(3-5-15)19(24)25/h2-9H,1H3,(H,22,23)(H,24,25). The first-order chi connectivity index (χ1) is 12.3. The maximum Gasteiger partial charge on any atom is 0.335 e. The van der Waals surface area contributed by atoms with Gasteiger partial charge in [-0.3, -0.25) is 4.79 Å². The summed E-state index contributed by atoms with van der Waals surface area (Å²) in [6.07, 6.45) is 0. The van der Waals surface area contributed by atoms with Crippen LogP contribution in [0.3, 0.4) is 0 Å². The summed E-state index contributed by atoms with van der Waals surface area (Å²) in [6, 6.07) is 12.5. The molecule has 0 bridgehead atoms. The fourth-order valence-corrected chi connectivity index (χ4v) is 2.97. The number of halogens is 2. The molecular formula is C19H13Cl2NO4. The lowest BCUT2D eigenvalue weighted by Gasteiger charge is -2.04. The molecule has 0 aliphatic carbocycles. The Morgan fingerprint density at radius 2 is 1.62 bits per heavy atom. The van der Waals surface area contributed by atoms with Gasteiger partial charge in [-0.2, -0.15) is 0 Å². The third kappa shape index (κ3) is 3.90. The van der Waals surface area contributed by atoms with Gasteiger partial charge in [-0.15, -0.1) is 0 Å². The van der Waals surface area contributed by atoms with E-state index in [9.17, 15) is 9.59 Å². The van der Waals surface area contributed by atoms with Gasteiger partial charge in [0.15, 0.2) is 0 Å². The largest absolute Gasteiger partial charge is 0.478 e. The Morgan fingerprint density at radius 1 is 1.00 bits per heavy atom. The molecule has 1 amide bonds. The van der Waals surface area contributed by atoms with E-state index in [1.807, 2.05) is 0 Å². The van der Waals surface area contributed by atoms with Crippen LogP contribution in [0.5, 0.6) is 0 Å². The van der Waals surface area contributed by atoms with Crippen molar-refractivity contribution in [3.8, 4) is 11.3 Å². The molecule has 132 valence electrons. The molecule has 1 aromatic heterocycles. The number of rotatable bonds is 4. The second-order valence-electron chi connectivity index (χ2n) is 5.58. The van der Waals surface area contributed by atoms with Crippen molar-refractivity contribution < 1.29 is 19.1 Å². The zero-order valence-corrected chi connectivity index (χ0v) is 15.1. The number of nitrogens with one attached hydrogen (secondary N) is 1. The van der Waals surface area contributed by atoms with Gasteiger partial charge in [0.2, 0.25) is 0 Å². The summed E-state index contributed by atoms with van der Waals surface area (Å²) in [7, 11) is 0. The Kier molecular flexibility index (Phi) is 5.02. The third-order valence-electron chi connectivity index (χ3n) is 3.70. The molecule has 1 heterocycles. The van der Waals surface area contributed by atoms with Crippen molar-refractivity contribution in [1.29, 1.82) is 0 Å². The summed E-state index contributed by atoms with van der Waals surface area (Å²) in [5, 5.41) is 12.5. The van der Waals surface area contributed by atoms with E-state index >= 15 is 0 Å². The number of hydrogen-bond acceptors (Lipinski definition) is 3. The van der Waals surface area contributed by atoms with Crippen LogP contribution >= 0.6 is 23.2 Å². The van der Waals surface area contributed by atoms with Crippen LogP contribution in [0.25, 0.3) is 11.3 Å². The Morgan fingerprint density at radius 3 is 2.19 bits per heavy atom. The highest BCUT2D eigenvalue weighted by atomic mass is 35.5. The van der Waals surface area contributed by atoms with E-state index in [2.05, 4.69) is 5.32 Å². The van der Waals surface area contributed by atoms with Gasteiger partial charge in [0.25, 0.3) is 5.91 Å². The van der Waals surface area contributed by atoms with E-state index in [-0.39, 0.29) is 11.5 Å². The van der Waals surface area contributed by atoms with Gasteiger partial charge in [-0.25, -0.2) is 4.79 Å². The minimum atomic E-state index is -1.03. The molecule has 2 N–H and O–H groups in total. The summed E-state index contributed by atoms with van der Waals surface area (Å²) < 4.78 is 5.66. The highest BCUT2D eigenvalue weighted by molar-refractivity contribution is 6.35. The average Bonchev–Trinajstić information content (AvgIpc) is 2.96. The number of amides is 1. The van der Waals surface area contributed by atoms with Crippen LogP contribution in [-0.2, 0) is 0 Å². The second kappa shape index (κ2) is 7.23. The van der Waals surface area contributed by atoms with Crippen molar-refractivity contribution in [2.45, 2.75) is 6.92 Å². The van der Waals surface area contributed by atoms with Crippen LogP contribution in [0, 0.1) is 6.92 Å². The number of aryl methyl sites for hydroxylation is 1. The van der Waals surface area contributed by atoms with E-state index in [0.29, 0.717) is 38.4 Å². The number of hydrogen-bond donors (Lipinski definition) is 2. The topological polar surface area (TPSA) is 79.5 Å². The predicted molar refractivity (Wildman–Crippen MR) is 100 cm³/mol. The molecule has 5 nitrogen and oxygen atoms in total. The molecule has 0 fully saturated rings. The summed E-state index contributed by atoms with van der Waals surface area (Å²) >= 11 is 12.0. The number of carboxylic acid groups (broad SMARTS) is 1. The molecule has 0 unspecified atom stereocenters. The fraction of sp³-hybridized carbons (Fsp3) is 0.0526. The first-order valence-electron chi connectivity index (χ1n) is 7.55. The Labute approximate surface area is 159 Å². The minimum Gasteiger partial charge on any atom is -0.478 e.